The van der Waals surface area contributed by atoms with Crippen molar-refractivity contribution in [1.82, 2.24) is 9.71 Å². The van der Waals surface area contributed by atoms with Gasteiger partial charge in [0.15, 0.2) is 11.5 Å². The second-order valence-corrected chi connectivity index (χ2v) is 8.57. The Balaban J connectivity index is 1.72. The van der Waals surface area contributed by atoms with Gasteiger partial charge >= 0.3 is 0 Å². The summed E-state index contributed by atoms with van der Waals surface area (Å²) >= 11 is 1.53. The van der Waals surface area contributed by atoms with Crippen molar-refractivity contribution >= 4 is 21.4 Å². The fraction of sp³-hybridized carbons (Fsp3) is 0.400. The zero-order valence-electron chi connectivity index (χ0n) is 12.9. The molecule has 0 unspecified atom stereocenters. The van der Waals surface area contributed by atoms with E-state index in [9.17, 15) is 8.42 Å². The van der Waals surface area contributed by atoms with Crippen molar-refractivity contribution in [2.45, 2.75) is 31.7 Å². The van der Waals surface area contributed by atoms with Crippen LogP contribution >= 0.6 is 11.3 Å². The van der Waals surface area contributed by atoms with Crippen molar-refractivity contribution in [2.24, 2.45) is 5.92 Å². The highest BCUT2D eigenvalue weighted by Crippen LogP contribution is 2.37. The summed E-state index contributed by atoms with van der Waals surface area (Å²) in [6.07, 6.45) is 2.62. The van der Waals surface area contributed by atoms with Crippen molar-refractivity contribution in [2.75, 3.05) is 6.79 Å². The van der Waals surface area contributed by atoms with Crippen LogP contribution in [-0.4, -0.2) is 20.2 Å². The fourth-order valence-electron chi connectivity index (χ4n) is 2.23. The standard InChI is InChI=1S/C15H18N2O4S2/c1-10(2)6-14-16-7-11(22-14)8-17-23(18,19)13-5-3-4-12-15(13)21-9-20-12/h3-5,7,10,17H,6,8-9H2,1-2H3. The van der Waals surface area contributed by atoms with E-state index in [-0.39, 0.29) is 24.0 Å². The molecule has 0 aliphatic carbocycles. The first-order chi connectivity index (χ1) is 11.0. The molecule has 3 rings (SSSR count). The van der Waals surface area contributed by atoms with Crippen LogP contribution in [0.2, 0.25) is 0 Å². The quantitative estimate of drug-likeness (QED) is 0.863. The second kappa shape index (κ2) is 6.46. The van der Waals surface area contributed by atoms with Crippen molar-refractivity contribution in [3.63, 3.8) is 0 Å². The smallest absolute Gasteiger partial charge is 0.244 e. The Hall–Kier alpha value is -1.64. The van der Waals surface area contributed by atoms with Crippen LogP contribution in [-0.2, 0) is 23.0 Å². The number of thiazole rings is 1. The summed E-state index contributed by atoms with van der Waals surface area (Å²) in [5, 5.41) is 1.02. The van der Waals surface area contributed by atoms with Gasteiger partial charge in [0.05, 0.1) is 5.01 Å². The molecule has 0 bridgehead atoms. The van der Waals surface area contributed by atoms with Gasteiger partial charge in [-0.1, -0.05) is 19.9 Å². The lowest BCUT2D eigenvalue weighted by Crippen LogP contribution is -2.23. The van der Waals surface area contributed by atoms with Crippen LogP contribution in [0.25, 0.3) is 0 Å². The molecule has 23 heavy (non-hydrogen) atoms. The number of benzene rings is 1. The molecule has 0 fully saturated rings. The molecule has 0 atom stereocenters. The van der Waals surface area contributed by atoms with Crippen LogP contribution in [0, 0.1) is 5.92 Å². The first-order valence-corrected chi connectivity index (χ1v) is 9.57. The van der Waals surface area contributed by atoms with E-state index in [1.54, 1.807) is 18.3 Å². The van der Waals surface area contributed by atoms with Gasteiger partial charge in [-0.15, -0.1) is 11.3 Å². The Kier molecular flexibility index (Phi) is 4.56. The second-order valence-electron chi connectivity index (χ2n) is 5.63. The number of nitrogens with one attached hydrogen (secondary N) is 1. The van der Waals surface area contributed by atoms with Crippen LogP contribution in [0.3, 0.4) is 0 Å². The Morgan fingerprint density at radius 3 is 2.96 bits per heavy atom. The molecule has 1 aliphatic heterocycles. The summed E-state index contributed by atoms with van der Waals surface area (Å²) in [6, 6.07) is 4.82. The topological polar surface area (TPSA) is 77.5 Å². The van der Waals surface area contributed by atoms with Crippen LogP contribution in [0.4, 0.5) is 0 Å². The molecule has 1 aromatic heterocycles. The molecule has 0 radical (unpaired) electrons. The number of aromatic nitrogens is 1. The van der Waals surface area contributed by atoms with Gasteiger partial charge in [0.1, 0.15) is 4.90 Å². The minimum Gasteiger partial charge on any atom is -0.454 e. The zero-order valence-corrected chi connectivity index (χ0v) is 14.5. The highest BCUT2D eigenvalue weighted by molar-refractivity contribution is 7.89. The molecular formula is C15H18N2O4S2. The molecule has 1 aromatic carbocycles. The SMILES string of the molecule is CC(C)Cc1ncc(CNS(=O)(=O)c2cccc3c2OCO3)s1. The van der Waals surface area contributed by atoms with Gasteiger partial charge in [0.25, 0.3) is 0 Å². The molecule has 8 heteroatoms. The molecule has 1 N–H and O–H groups in total. The first kappa shape index (κ1) is 16.2. The van der Waals surface area contributed by atoms with Crippen LogP contribution < -0.4 is 14.2 Å². The van der Waals surface area contributed by atoms with E-state index in [1.807, 2.05) is 0 Å². The Morgan fingerprint density at radius 2 is 2.17 bits per heavy atom. The highest BCUT2D eigenvalue weighted by atomic mass is 32.2. The van der Waals surface area contributed by atoms with Crippen LogP contribution in [0.15, 0.2) is 29.3 Å². The van der Waals surface area contributed by atoms with Crippen molar-refractivity contribution < 1.29 is 17.9 Å². The number of rotatable bonds is 6. The van der Waals surface area contributed by atoms with E-state index in [2.05, 4.69) is 23.6 Å². The van der Waals surface area contributed by atoms with Crippen molar-refractivity contribution in [1.29, 1.82) is 0 Å². The van der Waals surface area contributed by atoms with Gasteiger partial charge in [-0.3, -0.25) is 0 Å². The molecular weight excluding hydrogens is 336 g/mol. The summed E-state index contributed by atoms with van der Waals surface area (Å²) in [4.78, 5) is 5.31. The average molecular weight is 354 g/mol. The first-order valence-electron chi connectivity index (χ1n) is 7.27. The average Bonchev–Trinajstić information content (AvgIpc) is 3.12. The van der Waals surface area contributed by atoms with Gasteiger partial charge in [-0.2, -0.15) is 0 Å². The minimum absolute atomic E-state index is 0.0370. The monoisotopic (exact) mass is 354 g/mol. The number of hydrogen-bond donors (Lipinski definition) is 1. The van der Waals surface area contributed by atoms with E-state index in [1.165, 1.54) is 17.4 Å². The molecule has 0 saturated heterocycles. The van der Waals surface area contributed by atoms with Crippen molar-refractivity contribution in [3.8, 4) is 11.5 Å². The highest BCUT2D eigenvalue weighted by Gasteiger charge is 2.26. The summed E-state index contributed by atoms with van der Waals surface area (Å²) < 4.78 is 38.0. The largest absolute Gasteiger partial charge is 0.454 e. The number of ether oxygens (including phenoxy) is 2. The third-order valence-corrected chi connectivity index (χ3v) is 5.72. The zero-order chi connectivity index (χ0) is 16.4. The Bertz CT molecular complexity index is 800. The number of fused-ring (bicyclic) bond motifs is 1. The molecule has 0 saturated carbocycles. The van der Waals surface area contributed by atoms with Gasteiger partial charge in [-0.05, 0) is 18.1 Å². The lowest BCUT2D eigenvalue weighted by atomic mass is 10.1. The molecule has 1 aliphatic rings. The van der Waals surface area contributed by atoms with Crippen LogP contribution in [0.5, 0.6) is 11.5 Å². The molecule has 2 aromatic rings. The maximum Gasteiger partial charge on any atom is 0.244 e. The molecule has 0 spiro atoms. The van der Waals surface area contributed by atoms with E-state index in [0.29, 0.717) is 11.7 Å². The Labute approximate surface area is 139 Å². The normalized spacial score (nSPS) is 13.7. The molecule has 2 heterocycles. The lowest BCUT2D eigenvalue weighted by Gasteiger charge is -2.08. The van der Waals surface area contributed by atoms with E-state index >= 15 is 0 Å². The molecule has 0 amide bonds. The summed E-state index contributed by atoms with van der Waals surface area (Å²) in [7, 11) is -3.67. The number of hydrogen-bond acceptors (Lipinski definition) is 6. The van der Waals surface area contributed by atoms with E-state index < -0.39 is 10.0 Å². The maximum absolute atomic E-state index is 12.5. The maximum atomic E-state index is 12.5. The third kappa shape index (κ3) is 3.65. The molecule has 6 nitrogen and oxygen atoms in total. The fourth-order valence-corrected chi connectivity index (χ4v) is 4.56. The van der Waals surface area contributed by atoms with E-state index in [0.717, 1.165) is 16.3 Å². The summed E-state index contributed by atoms with van der Waals surface area (Å²) in [5.74, 6) is 1.24. The number of sulfonamides is 1. The van der Waals surface area contributed by atoms with Gasteiger partial charge in [0.2, 0.25) is 16.8 Å². The van der Waals surface area contributed by atoms with Gasteiger partial charge < -0.3 is 9.47 Å². The predicted molar refractivity (Wildman–Crippen MR) is 87.2 cm³/mol. The summed E-state index contributed by atoms with van der Waals surface area (Å²) in [5.41, 5.74) is 0. The summed E-state index contributed by atoms with van der Waals surface area (Å²) in [6.45, 7) is 4.50. The minimum atomic E-state index is -3.67. The third-order valence-electron chi connectivity index (χ3n) is 3.27. The Morgan fingerprint density at radius 1 is 1.35 bits per heavy atom. The van der Waals surface area contributed by atoms with Crippen molar-refractivity contribution in [3.05, 3.63) is 34.3 Å². The molecule has 124 valence electrons. The van der Waals surface area contributed by atoms with Gasteiger partial charge in [0, 0.05) is 24.0 Å². The number of para-hydroxylation sites is 1. The number of nitrogens with zero attached hydrogens (tertiary/aromatic N) is 1. The lowest BCUT2D eigenvalue weighted by molar-refractivity contribution is 0.172. The van der Waals surface area contributed by atoms with Crippen LogP contribution in [0.1, 0.15) is 23.7 Å². The predicted octanol–water partition coefficient (Wildman–Crippen LogP) is 2.55. The van der Waals surface area contributed by atoms with Gasteiger partial charge in [-0.25, -0.2) is 18.1 Å². The van der Waals surface area contributed by atoms with E-state index in [4.69, 9.17) is 9.47 Å².